The molecule has 0 saturated heterocycles. The van der Waals surface area contributed by atoms with E-state index < -0.39 is 10.0 Å². The molecule has 0 saturated carbocycles. The highest BCUT2D eigenvalue weighted by molar-refractivity contribution is 7.92. The summed E-state index contributed by atoms with van der Waals surface area (Å²) in [7, 11) is -2.30. The third-order valence-electron chi connectivity index (χ3n) is 3.24. The second-order valence-corrected chi connectivity index (χ2v) is 6.73. The average molecular weight is 309 g/mol. The van der Waals surface area contributed by atoms with E-state index in [0.717, 1.165) is 17.3 Å². The maximum absolute atomic E-state index is 12.6. The van der Waals surface area contributed by atoms with E-state index in [4.69, 9.17) is 0 Å². The number of rotatable bonds is 5. The molecule has 0 amide bonds. The summed E-state index contributed by atoms with van der Waals surface area (Å²) in [6.07, 6.45) is 2.45. The molecule has 0 atom stereocenters. The van der Waals surface area contributed by atoms with Gasteiger partial charge in [0.15, 0.2) is 5.03 Å². The third-order valence-corrected chi connectivity index (χ3v) is 4.89. The molecule has 0 unspecified atom stereocenters. The van der Waals surface area contributed by atoms with Crippen LogP contribution in [0.2, 0.25) is 0 Å². The zero-order valence-corrected chi connectivity index (χ0v) is 13.1. The van der Waals surface area contributed by atoms with Gasteiger partial charge < -0.3 is 9.67 Å². The Morgan fingerprint density at radius 3 is 2.71 bits per heavy atom. The van der Waals surface area contributed by atoms with Crippen molar-refractivity contribution in [1.29, 1.82) is 0 Å². The van der Waals surface area contributed by atoms with Gasteiger partial charge in [0.05, 0.1) is 5.69 Å². The summed E-state index contributed by atoms with van der Waals surface area (Å²) in [5, 5.41) is 9.49. The molecule has 0 bridgehead atoms. The molecule has 7 heteroatoms. The monoisotopic (exact) mass is 309 g/mol. The largest absolute Gasteiger partial charge is 0.508 e. The van der Waals surface area contributed by atoms with E-state index in [1.165, 1.54) is 19.2 Å². The molecular formula is C14H19N3O3S. The Hall–Kier alpha value is -2.02. The normalized spacial score (nSPS) is 11.6. The molecule has 0 fully saturated rings. The molecule has 0 aliphatic carbocycles. The number of aromatic nitrogens is 2. The molecule has 0 aliphatic rings. The molecule has 1 heterocycles. The predicted molar refractivity (Wildman–Crippen MR) is 81.0 cm³/mol. The van der Waals surface area contributed by atoms with Gasteiger partial charge in [-0.25, -0.2) is 4.98 Å². The smallest absolute Gasteiger partial charge is 0.283 e. The van der Waals surface area contributed by atoms with Crippen LogP contribution in [0.25, 0.3) is 0 Å². The summed E-state index contributed by atoms with van der Waals surface area (Å²) >= 11 is 0. The number of benzene rings is 1. The van der Waals surface area contributed by atoms with Crippen LogP contribution >= 0.6 is 0 Å². The van der Waals surface area contributed by atoms with E-state index in [1.54, 1.807) is 25.3 Å². The number of nitrogens with zero attached hydrogens (tertiary/aromatic N) is 3. The molecule has 6 nitrogen and oxygen atoms in total. The average Bonchev–Trinajstić information content (AvgIpc) is 2.80. The molecule has 0 spiro atoms. The van der Waals surface area contributed by atoms with Gasteiger partial charge in [-0.2, -0.15) is 8.42 Å². The molecule has 1 aromatic heterocycles. The summed E-state index contributed by atoms with van der Waals surface area (Å²) in [5.41, 5.74) is 0.387. The Kier molecular flexibility index (Phi) is 4.22. The highest BCUT2D eigenvalue weighted by atomic mass is 32.2. The lowest BCUT2D eigenvalue weighted by atomic mass is 10.3. The van der Waals surface area contributed by atoms with Crippen molar-refractivity contribution in [2.75, 3.05) is 11.4 Å². The molecule has 2 aromatic rings. The molecule has 0 aliphatic heterocycles. The van der Waals surface area contributed by atoms with Crippen molar-refractivity contribution in [2.45, 2.75) is 31.8 Å². The van der Waals surface area contributed by atoms with Crippen LogP contribution in [0.5, 0.6) is 5.75 Å². The minimum atomic E-state index is -3.74. The van der Waals surface area contributed by atoms with Gasteiger partial charge in [0, 0.05) is 25.9 Å². The molecule has 2 rings (SSSR count). The van der Waals surface area contributed by atoms with Crippen molar-refractivity contribution in [1.82, 2.24) is 9.55 Å². The van der Waals surface area contributed by atoms with Crippen LogP contribution in [0, 0.1) is 6.92 Å². The van der Waals surface area contributed by atoms with Gasteiger partial charge in [-0.3, -0.25) is 4.31 Å². The SMILES string of the molecule is CCCn1cc(S(=O)(=O)N(C)c2cccc(O)c2)nc1C. The number of imidazole rings is 1. The van der Waals surface area contributed by atoms with Crippen LogP contribution in [0.3, 0.4) is 0 Å². The number of hydrogen-bond donors (Lipinski definition) is 1. The zero-order chi connectivity index (χ0) is 15.6. The molecule has 1 aromatic carbocycles. The lowest BCUT2D eigenvalue weighted by Crippen LogP contribution is -2.26. The van der Waals surface area contributed by atoms with Gasteiger partial charge in [-0.1, -0.05) is 13.0 Å². The summed E-state index contributed by atoms with van der Waals surface area (Å²) in [6.45, 7) is 4.53. The van der Waals surface area contributed by atoms with Crippen molar-refractivity contribution in [3.8, 4) is 5.75 Å². The maximum Gasteiger partial charge on any atom is 0.283 e. The summed E-state index contributed by atoms with van der Waals surface area (Å²) in [5.74, 6) is 0.682. The van der Waals surface area contributed by atoms with Crippen molar-refractivity contribution in [3.63, 3.8) is 0 Å². The van der Waals surface area contributed by atoms with Gasteiger partial charge in [-0.05, 0) is 25.5 Å². The topological polar surface area (TPSA) is 75.4 Å². The van der Waals surface area contributed by atoms with E-state index >= 15 is 0 Å². The Bertz CT molecular complexity index is 738. The molecule has 0 radical (unpaired) electrons. The standard InChI is InChI=1S/C14H19N3O3S/c1-4-8-17-10-14(15-11(17)2)21(19,20)16(3)12-6-5-7-13(18)9-12/h5-7,9-10,18H,4,8H2,1-3H3. The fourth-order valence-electron chi connectivity index (χ4n) is 2.04. The quantitative estimate of drug-likeness (QED) is 0.918. The van der Waals surface area contributed by atoms with Gasteiger partial charge in [0.25, 0.3) is 10.0 Å². The second-order valence-electron chi connectivity index (χ2n) is 4.81. The van der Waals surface area contributed by atoms with Crippen LogP contribution in [-0.4, -0.2) is 30.1 Å². The Morgan fingerprint density at radius 2 is 2.10 bits per heavy atom. The van der Waals surface area contributed by atoms with Crippen molar-refractivity contribution >= 4 is 15.7 Å². The van der Waals surface area contributed by atoms with Crippen molar-refractivity contribution in [2.24, 2.45) is 0 Å². The van der Waals surface area contributed by atoms with Crippen LogP contribution in [0.4, 0.5) is 5.69 Å². The van der Waals surface area contributed by atoms with Gasteiger partial charge >= 0.3 is 0 Å². The summed E-state index contributed by atoms with van der Waals surface area (Å²) in [4.78, 5) is 4.14. The third kappa shape index (κ3) is 3.02. The molecule has 1 N–H and O–H groups in total. The first-order chi connectivity index (χ1) is 9.86. The molecule has 21 heavy (non-hydrogen) atoms. The minimum Gasteiger partial charge on any atom is -0.508 e. The highest BCUT2D eigenvalue weighted by Crippen LogP contribution is 2.24. The van der Waals surface area contributed by atoms with Crippen LogP contribution in [-0.2, 0) is 16.6 Å². The number of anilines is 1. The Morgan fingerprint density at radius 1 is 1.38 bits per heavy atom. The number of aryl methyl sites for hydroxylation is 2. The van der Waals surface area contributed by atoms with E-state index in [9.17, 15) is 13.5 Å². The first-order valence-electron chi connectivity index (χ1n) is 6.68. The van der Waals surface area contributed by atoms with E-state index in [1.807, 2.05) is 11.5 Å². The van der Waals surface area contributed by atoms with Crippen LogP contribution in [0.1, 0.15) is 19.2 Å². The summed E-state index contributed by atoms with van der Waals surface area (Å²) < 4.78 is 28.1. The number of sulfonamides is 1. The number of phenols is 1. The summed E-state index contributed by atoms with van der Waals surface area (Å²) in [6, 6.07) is 6.10. The van der Waals surface area contributed by atoms with Crippen LogP contribution in [0.15, 0.2) is 35.5 Å². The lowest BCUT2D eigenvalue weighted by molar-refractivity contribution is 0.475. The predicted octanol–water partition coefficient (Wildman–Crippen LogP) is 2.13. The lowest BCUT2D eigenvalue weighted by Gasteiger charge is -2.18. The Labute approximate surface area is 124 Å². The van der Waals surface area contributed by atoms with Gasteiger partial charge in [0.1, 0.15) is 11.6 Å². The second kappa shape index (κ2) is 5.77. The van der Waals surface area contributed by atoms with E-state index in [2.05, 4.69) is 4.98 Å². The van der Waals surface area contributed by atoms with Gasteiger partial charge in [-0.15, -0.1) is 0 Å². The number of hydrogen-bond acceptors (Lipinski definition) is 4. The van der Waals surface area contributed by atoms with Gasteiger partial charge in [0.2, 0.25) is 0 Å². The number of aromatic hydroxyl groups is 1. The highest BCUT2D eigenvalue weighted by Gasteiger charge is 2.25. The number of phenolic OH excluding ortho intramolecular Hbond substituents is 1. The van der Waals surface area contributed by atoms with Crippen molar-refractivity contribution < 1.29 is 13.5 Å². The van der Waals surface area contributed by atoms with E-state index in [-0.39, 0.29) is 10.8 Å². The fraction of sp³-hybridized carbons (Fsp3) is 0.357. The molecule has 114 valence electrons. The van der Waals surface area contributed by atoms with E-state index in [0.29, 0.717) is 11.5 Å². The Balaban J connectivity index is 2.39. The first kappa shape index (κ1) is 15.4. The van der Waals surface area contributed by atoms with Crippen LogP contribution < -0.4 is 4.31 Å². The minimum absolute atomic E-state index is 0.0132. The zero-order valence-electron chi connectivity index (χ0n) is 12.3. The maximum atomic E-state index is 12.6. The fourth-order valence-corrected chi connectivity index (χ4v) is 3.22. The van der Waals surface area contributed by atoms with Crippen molar-refractivity contribution in [3.05, 3.63) is 36.3 Å². The molecular weight excluding hydrogens is 290 g/mol. The first-order valence-corrected chi connectivity index (χ1v) is 8.12.